The van der Waals surface area contributed by atoms with Crippen molar-refractivity contribution < 1.29 is 4.74 Å². The number of hydrogen-bond donors (Lipinski definition) is 2. The topological polar surface area (TPSA) is 63.5 Å². The first-order chi connectivity index (χ1) is 13.4. The summed E-state index contributed by atoms with van der Waals surface area (Å²) >= 11 is 0. The number of benzene rings is 2. The van der Waals surface area contributed by atoms with Crippen LogP contribution in [0.4, 0.5) is 0 Å². The summed E-state index contributed by atoms with van der Waals surface area (Å²) in [7, 11) is 1.79. The van der Waals surface area contributed by atoms with Gasteiger partial charge in [-0.25, -0.2) is 4.98 Å². The van der Waals surface area contributed by atoms with E-state index in [1.54, 1.807) is 7.05 Å². The first-order valence-corrected chi connectivity index (χ1v) is 9.39. The third-order valence-corrected chi connectivity index (χ3v) is 4.24. The normalized spacial score (nSPS) is 11.5. The van der Waals surface area contributed by atoms with Crippen LogP contribution in [0.25, 0.3) is 11.0 Å². The lowest BCUT2D eigenvalue weighted by Crippen LogP contribution is -2.38. The molecule has 0 aliphatic rings. The number of nitrogens with zero attached hydrogens (tertiary/aromatic N) is 3. The van der Waals surface area contributed by atoms with Gasteiger partial charge in [-0.2, -0.15) is 0 Å². The molecule has 0 atom stereocenters. The maximum absolute atomic E-state index is 5.69. The first kappa shape index (κ1) is 18.8. The number of para-hydroxylation sites is 3. The zero-order valence-corrected chi connectivity index (χ0v) is 15.8. The van der Waals surface area contributed by atoms with E-state index in [0.717, 1.165) is 49.7 Å². The van der Waals surface area contributed by atoms with Crippen molar-refractivity contribution in [2.24, 2.45) is 4.99 Å². The molecule has 0 aliphatic heterocycles. The molecule has 1 aromatic heterocycles. The summed E-state index contributed by atoms with van der Waals surface area (Å²) in [6.45, 7) is 3.28. The second-order valence-corrected chi connectivity index (χ2v) is 6.22. The van der Waals surface area contributed by atoms with Crippen LogP contribution in [-0.4, -0.2) is 42.3 Å². The molecule has 2 N–H and O–H groups in total. The van der Waals surface area contributed by atoms with Crippen LogP contribution in [0, 0.1) is 0 Å². The molecule has 0 spiro atoms. The molecule has 0 bridgehead atoms. The van der Waals surface area contributed by atoms with Gasteiger partial charge in [0.2, 0.25) is 0 Å². The number of guanidine groups is 1. The van der Waals surface area contributed by atoms with E-state index >= 15 is 0 Å². The maximum Gasteiger partial charge on any atom is 0.190 e. The maximum atomic E-state index is 5.69. The van der Waals surface area contributed by atoms with Gasteiger partial charge in [0.15, 0.2) is 5.96 Å². The van der Waals surface area contributed by atoms with Crippen molar-refractivity contribution in [1.82, 2.24) is 20.2 Å². The van der Waals surface area contributed by atoms with Crippen LogP contribution in [0.1, 0.15) is 12.8 Å². The molecule has 3 rings (SSSR count). The van der Waals surface area contributed by atoms with Gasteiger partial charge in [0.25, 0.3) is 0 Å². The van der Waals surface area contributed by atoms with Crippen molar-refractivity contribution in [3.05, 3.63) is 60.9 Å². The minimum Gasteiger partial charge on any atom is -0.494 e. The number of fused-ring (bicyclic) bond motifs is 1. The van der Waals surface area contributed by atoms with Crippen molar-refractivity contribution in [1.29, 1.82) is 0 Å². The van der Waals surface area contributed by atoms with Gasteiger partial charge in [0.1, 0.15) is 5.75 Å². The predicted molar refractivity (Wildman–Crippen MR) is 110 cm³/mol. The molecule has 27 heavy (non-hydrogen) atoms. The third-order valence-electron chi connectivity index (χ3n) is 4.24. The van der Waals surface area contributed by atoms with E-state index in [2.05, 4.69) is 31.2 Å². The van der Waals surface area contributed by atoms with Gasteiger partial charge in [-0.3, -0.25) is 4.99 Å². The molecule has 0 saturated carbocycles. The standard InChI is InChI=1S/C21H27N5O/c1-22-21(24-14-8-16-27-18-9-3-2-4-10-18)23-13-7-15-26-17-25-19-11-5-6-12-20(19)26/h2-6,9-12,17H,7-8,13-16H2,1H3,(H2,22,23,24). The number of ether oxygens (including phenoxy) is 1. The molecular weight excluding hydrogens is 338 g/mol. The summed E-state index contributed by atoms with van der Waals surface area (Å²) < 4.78 is 7.88. The lowest BCUT2D eigenvalue weighted by atomic mass is 10.3. The van der Waals surface area contributed by atoms with Crippen LogP contribution >= 0.6 is 0 Å². The van der Waals surface area contributed by atoms with Crippen LogP contribution in [0.5, 0.6) is 5.75 Å². The molecule has 2 aromatic carbocycles. The Labute approximate surface area is 160 Å². The van der Waals surface area contributed by atoms with Crippen LogP contribution < -0.4 is 15.4 Å². The van der Waals surface area contributed by atoms with Crippen LogP contribution in [-0.2, 0) is 6.54 Å². The summed E-state index contributed by atoms with van der Waals surface area (Å²) in [5.41, 5.74) is 2.22. The lowest BCUT2D eigenvalue weighted by Gasteiger charge is -2.12. The predicted octanol–water partition coefficient (Wildman–Crippen LogP) is 3.06. The van der Waals surface area contributed by atoms with E-state index in [-0.39, 0.29) is 0 Å². The van der Waals surface area contributed by atoms with Crippen molar-refractivity contribution in [3.8, 4) is 5.75 Å². The largest absolute Gasteiger partial charge is 0.494 e. The Bertz CT molecular complexity index is 844. The molecule has 3 aromatic rings. The van der Waals surface area contributed by atoms with E-state index in [9.17, 15) is 0 Å². The summed E-state index contributed by atoms with van der Waals surface area (Å²) in [5, 5.41) is 6.67. The molecule has 142 valence electrons. The highest BCUT2D eigenvalue weighted by Gasteiger charge is 2.01. The fraction of sp³-hybridized carbons (Fsp3) is 0.333. The summed E-state index contributed by atoms with van der Waals surface area (Å²) in [4.78, 5) is 8.69. The molecule has 0 amide bonds. The van der Waals surface area contributed by atoms with E-state index in [0.29, 0.717) is 6.61 Å². The zero-order chi connectivity index (χ0) is 18.7. The number of rotatable bonds is 9. The Morgan fingerprint density at radius 3 is 2.56 bits per heavy atom. The van der Waals surface area contributed by atoms with Gasteiger partial charge in [0, 0.05) is 26.7 Å². The van der Waals surface area contributed by atoms with Crippen molar-refractivity contribution in [2.75, 3.05) is 26.7 Å². The highest BCUT2D eigenvalue weighted by atomic mass is 16.5. The lowest BCUT2D eigenvalue weighted by molar-refractivity contribution is 0.311. The average molecular weight is 365 g/mol. The van der Waals surface area contributed by atoms with Crippen LogP contribution in [0.2, 0.25) is 0 Å². The minimum absolute atomic E-state index is 0.682. The SMILES string of the molecule is CN=C(NCCCOc1ccccc1)NCCCn1cnc2ccccc21. The number of aliphatic imine (C=N–C) groups is 1. The zero-order valence-electron chi connectivity index (χ0n) is 15.8. The quantitative estimate of drug-likeness (QED) is 0.348. The van der Waals surface area contributed by atoms with Gasteiger partial charge in [-0.15, -0.1) is 0 Å². The molecular formula is C21H27N5O. The average Bonchev–Trinajstić information content (AvgIpc) is 3.13. The van der Waals surface area contributed by atoms with Gasteiger partial charge < -0.3 is 19.9 Å². The summed E-state index contributed by atoms with van der Waals surface area (Å²) in [5.74, 6) is 1.73. The molecule has 0 radical (unpaired) electrons. The Balaban J connectivity index is 1.30. The Hall–Kier alpha value is -3.02. The molecule has 0 fully saturated rings. The van der Waals surface area contributed by atoms with Crippen molar-refractivity contribution in [2.45, 2.75) is 19.4 Å². The molecule has 0 aliphatic carbocycles. The second-order valence-electron chi connectivity index (χ2n) is 6.22. The second kappa shape index (κ2) is 10.2. The van der Waals surface area contributed by atoms with Gasteiger partial charge in [-0.05, 0) is 37.1 Å². The Morgan fingerprint density at radius 2 is 1.74 bits per heavy atom. The molecule has 0 saturated heterocycles. The highest BCUT2D eigenvalue weighted by Crippen LogP contribution is 2.11. The van der Waals surface area contributed by atoms with Crippen molar-refractivity contribution >= 4 is 17.0 Å². The van der Waals surface area contributed by atoms with E-state index in [1.165, 1.54) is 5.52 Å². The first-order valence-electron chi connectivity index (χ1n) is 9.39. The Kier molecular flexibility index (Phi) is 7.09. The Morgan fingerprint density at radius 1 is 1.00 bits per heavy atom. The number of aryl methyl sites for hydroxylation is 1. The minimum atomic E-state index is 0.682. The fourth-order valence-corrected chi connectivity index (χ4v) is 2.85. The van der Waals surface area contributed by atoms with E-state index in [4.69, 9.17) is 4.74 Å². The van der Waals surface area contributed by atoms with Gasteiger partial charge in [-0.1, -0.05) is 30.3 Å². The number of hydrogen-bond acceptors (Lipinski definition) is 3. The van der Waals surface area contributed by atoms with Crippen molar-refractivity contribution in [3.63, 3.8) is 0 Å². The molecule has 6 nitrogen and oxygen atoms in total. The number of nitrogens with one attached hydrogen (secondary N) is 2. The van der Waals surface area contributed by atoms with Gasteiger partial charge in [0.05, 0.1) is 24.0 Å². The monoisotopic (exact) mass is 365 g/mol. The third kappa shape index (κ3) is 5.74. The highest BCUT2D eigenvalue weighted by molar-refractivity contribution is 5.79. The number of imidazole rings is 1. The van der Waals surface area contributed by atoms with E-state index in [1.807, 2.05) is 54.9 Å². The van der Waals surface area contributed by atoms with Gasteiger partial charge >= 0.3 is 0 Å². The van der Waals surface area contributed by atoms with Crippen LogP contribution in [0.3, 0.4) is 0 Å². The fourth-order valence-electron chi connectivity index (χ4n) is 2.85. The molecule has 0 unspecified atom stereocenters. The van der Waals surface area contributed by atoms with E-state index < -0.39 is 0 Å². The summed E-state index contributed by atoms with van der Waals surface area (Å²) in [6, 6.07) is 18.1. The number of aromatic nitrogens is 2. The molecule has 6 heteroatoms. The molecule has 1 heterocycles. The summed E-state index contributed by atoms with van der Waals surface area (Å²) in [6.07, 6.45) is 3.82. The van der Waals surface area contributed by atoms with Crippen LogP contribution in [0.15, 0.2) is 65.9 Å². The smallest absolute Gasteiger partial charge is 0.190 e.